The van der Waals surface area contributed by atoms with Gasteiger partial charge in [0.25, 0.3) is 5.91 Å². The van der Waals surface area contributed by atoms with Crippen LogP contribution in [-0.2, 0) is 0 Å². The van der Waals surface area contributed by atoms with Gasteiger partial charge in [0.05, 0.1) is 18.0 Å². The van der Waals surface area contributed by atoms with Gasteiger partial charge in [-0.05, 0) is 22.4 Å². The number of thiophene rings is 1. The molecule has 2 rings (SSSR count). The van der Waals surface area contributed by atoms with E-state index in [0.717, 1.165) is 5.56 Å². The van der Waals surface area contributed by atoms with Crippen LogP contribution in [-0.4, -0.2) is 27.8 Å². The molecule has 0 aliphatic rings. The van der Waals surface area contributed by atoms with E-state index in [9.17, 15) is 9.90 Å². The average molecular weight is 252 g/mol. The number of nitrogens with two attached hydrogens (primary N) is 1. The van der Waals surface area contributed by atoms with Crippen molar-refractivity contribution in [1.29, 1.82) is 0 Å². The van der Waals surface area contributed by atoms with Gasteiger partial charge in [-0.25, -0.2) is 0 Å². The molecule has 0 radical (unpaired) electrons. The Morgan fingerprint density at radius 1 is 1.71 bits per heavy atom. The fraction of sp³-hybridized carbons (Fsp3) is 0.200. The maximum absolute atomic E-state index is 11.6. The first-order valence-electron chi connectivity index (χ1n) is 4.95. The second kappa shape index (κ2) is 4.98. The molecule has 2 aromatic heterocycles. The minimum atomic E-state index is -0.714. The number of aromatic nitrogens is 2. The number of rotatable bonds is 4. The third-order valence-electron chi connectivity index (χ3n) is 2.28. The molecule has 1 amide bonds. The van der Waals surface area contributed by atoms with Gasteiger partial charge in [-0.15, -0.1) is 0 Å². The summed E-state index contributed by atoms with van der Waals surface area (Å²) in [5.41, 5.74) is 6.81. The second-order valence-corrected chi connectivity index (χ2v) is 4.26. The van der Waals surface area contributed by atoms with Crippen LogP contribution in [0.4, 0.5) is 5.69 Å². The predicted octanol–water partition coefficient (Wildman–Crippen LogP) is 0.517. The third kappa shape index (κ3) is 2.63. The van der Waals surface area contributed by atoms with Crippen molar-refractivity contribution in [2.24, 2.45) is 0 Å². The molecule has 6 nitrogen and oxygen atoms in total. The molecule has 1 atom stereocenters. The number of carbonyl (C=O) groups is 1. The highest BCUT2D eigenvalue weighted by molar-refractivity contribution is 7.07. The molecule has 5 N–H and O–H groups in total. The van der Waals surface area contributed by atoms with Gasteiger partial charge >= 0.3 is 0 Å². The van der Waals surface area contributed by atoms with Crippen molar-refractivity contribution < 1.29 is 9.90 Å². The van der Waals surface area contributed by atoms with E-state index in [4.69, 9.17) is 5.73 Å². The van der Waals surface area contributed by atoms with Crippen molar-refractivity contribution in [2.75, 3.05) is 12.3 Å². The molecule has 17 heavy (non-hydrogen) atoms. The number of nitrogen functional groups attached to an aromatic ring is 1. The lowest BCUT2D eigenvalue weighted by Crippen LogP contribution is -2.29. The van der Waals surface area contributed by atoms with Crippen molar-refractivity contribution in [3.05, 3.63) is 34.3 Å². The normalized spacial score (nSPS) is 12.3. The van der Waals surface area contributed by atoms with Gasteiger partial charge in [0.15, 0.2) is 0 Å². The lowest BCUT2D eigenvalue weighted by Gasteiger charge is -2.09. The van der Waals surface area contributed by atoms with Gasteiger partial charge in [0.2, 0.25) is 0 Å². The number of aliphatic hydroxyl groups excluding tert-OH is 1. The van der Waals surface area contributed by atoms with Crippen LogP contribution < -0.4 is 11.1 Å². The van der Waals surface area contributed by atoms with Crippen molar-refractivity contribution >= 4 is 22.9 Å². The summed E-state index contributed by atoms with van der Waals surface area (Å²) in [6, 6.07) is 1.81. The third-order valence-corrected chi connectivity index (χ3v) is 2.98. The molecule has 1 unspecified atom stereocenters. The lowest BCUT2D eigenvalue weighted by molar-refractivity contribution is 0.0912. The van der Waals surface area contributed by atoms with Gasteiger partial charge in [-0.1, -0.05) is 0 Å². The van der Waals surface area contributed by atoms with E-state index in [-0.39, 0.29) is 23.8 Å². The number of hydrogen-bond acceptors (Lipinski definition) is 5. The molecule has 0 bridgehead atoms. The van der Waals surface area contributed by atoms with Crippen LogP contribution in [0.2, 0.25) is 0 Å². The van der Waals surface area contributed by atoms with Crippen LogP contribution in [0.1, 0.15) is 22.2 Å². The Labute approximate surface area is 101 Å². The number of hydrogen-bond donors (Lipinski definition) is 4. The molecule has 0 saturated heterocycles. The molecule has 2 aromatic rings. The molecule has 0 saturated carbocycles. The summed E-state index contributed by atoms with van der Waals surface area (Å²) >= 11 is 1.49. The summed E-state index contributed by atoms with van der Waals surface area (Å²) in [7, 11) is 0. The highest BCUT2D eigenvalue weighted by atomic mass is 32.1. The molecule has 0 aromatic carbocycles. The summed E-state index contributed by atoms with van der Waals surface area (Å²) in [6.45, 7) is 0.133. The van der Waals surface area contributed by atoms with Crippen LogP contribution in [0.15, 0.2) is 23.0 Å². The van der Waals surface area contributed by atoms with Crippen LogP contribution in [0.5, 0.6) is 0 Å². The molecule has 0 aliphatic carbocycles. The van der Waals surface area contributed by atoms with E-state index in [2.05, 4.69) is 15.5 Å². The van der Waals surface area contributed by atoms with E-state index in [1.807, 2.05) is 16.8 Å². The average Bonchev–Trinajstić information content (AvgIpc) is 2.95. The quantitative estimate of drug-likeness (QED) is 0.636. The highest BCUT2D eigenvalue weighted by Crippen LogP contribution is 2.15. The molecule has 0 spiro atoms. The molecular weight excluding hydrogens is 240 g/mol. The van der Waals surface area contributed by atoms with E-state index in [1.54, 1.807) is 0 Å². The summed E-state index contributed by atoms with van der Waals surface area (Å²) < 4.78 is 0. The highest BCUT2D eigenvalue weighted by Gasteiger charge is 2.14. The first-order valence-corrected chi connectivity index (χ1v) is 5.90. The fourth-order valence-electron chi connectivity index (χ4n) is 1.34. The predicted molar refractivity (Wildman–Crippen MR) is 64.6 cm³/mol. The Morgan fingerprint density at radius 3 is 3.12 bits per heavy atom. The standard InChI is InChI=1S/C10H12N4O2S/c11-7-3-13-14-9(7)10(16)12-4-8(15)6-1-2-17-5-6/h1-3,5,8,15H,4,11H2,(H,12,16)(H,13,14). The Balaban J connectivity index is 1.91. The minimum absolute atomic E-state index is 0.133. The first-order chi connectivity index (χ1) is 8.18. The number of anilines is 1. The van der Waals surface area contributed by atoms with E-state index in [1.165, 1.54) is 17.5 Å². The van der Waals surface area contributed by atoms with E-state index >= 15 is 0 Å². The number of nitrogens with zero attached hydrogens (tertiary/aromatic N) is 1. The number of carbonyl (C=O) groups excluding carboxylic acids is 1. The Bertz CT molecular complexity index is 494. The van der Waals surface area contributed by atoms with Crippen molar-refractivity contribution in [2.45, 2.75) is 6.10 Å². The van der Waals surface area contributed by atoms with Crippen LogP contribution in [0.3, 0.4) is 0 Å². The number of aliphatic hydroxyl groups is 1. The van der Waals surface area contributed by atoms with Gasteiger partial charge in [0, 0.05) is 6.54 Å². The largest absolute Gasteiger partial charge is 0.396 e. The zero-order valence-corrected chi connectivity index (χ0v) is 9.70. The molecule has 0 fully saturated rings. The lowest BCUT2D eigenvalue weighted by atomic mass is 10.2. The fourth-order valence-corrected chi connectivity index (χ4v) is 2.04. The van der Waals surface area contributed by atoms with Crippen molar-refractivity contribution in [3.63, 3.8) is 0 Å². The van der Waals surface area contributed by atoms with Crippen LogP contribution >= 0.6 is 11.3 Å². The summed E-state index contributed by atoms with van der Waals surface area (Å²) in [5.74, 6) is -0.380. The Morgan fingerprint density at radius 2 is 2.53 bits per heavy atom. The van der Waals surface area contributed by atoms with Gasteiger partial charge in [0.1, 0.15) is 5.69 Å². The molecule has 2 heterocycles. The number of nitrogens with one attached hydrogen (secondary N) is 2. The van der Waals surface area contributed by atoms with Gasteiger partial charge in [-0.3, -0.25) is 9.89 Å². The zero-order valence-electron chi connectivity index (χ0n) is 8.88. The van der Waals surface area contributed by atoms with Crippen LogP contribution in [0, 0.1) is 0 Å². The maximum atomic E-state index is 11.6. The number of amides is 1. The summed E-state index contributed by atoms with van der Waals surface area (Å²) in [6.07, 6.45) is 0.652. The van der Waals surface area contributed by atoms with E-state index in [0.29, 0.717) is 0 Å². The Hall–Kier alpha value is -1.86. The van der Waals surface area contributed by atoms with Gasteiger partial charge < -0.3 is 16.2 Å². The number of H-pyrrole nitrogens is 1. The van der Waals surface area contributed by atoms with Crippen molar-refractivity contribution in [1.82, 2.24) is 15.5 Å². The molecule has 0 aliphatic heterocycles. The summed E-state index contributed by atoms with van der Waals surface area (Å²) in [5, 5.41) is 22.2. The SMILES string of the molecule is Nc1cn[nH]c1C(=O)NCC(O)c1ccsc1. The topological polar surface area (TPSA) is 104 Å². The maximum Gasteiger partial charge on any atom is 0.271 e. The molecule has 90 valence electrons. The van der Waals surface area contributed by atoms with Gasteiger partial charge in [-0.2, -0.15) is 16.4 Å². The summed E-state index contributed by atoms with van der Waals surface area (Å²) in [4.78, 5) is 11.6. The first kappa shape index (κ1) is 11.6. The minimum Gasteiger partial charge on any atom is -0.396 e. The molecule has 7 heteroatoms. The molecular formula is C10H12N4O2S. The van der Waals surface area contributed by atoms with E-state index < -0.39 is 6.10 Å². The Kier molecular flexibility index (Phi) is 3.40. The monoisotopic (exact) mass is 252 g/mol. The smallest absolute Gasteiger partial charge is 0.271 e. The van der Waals surface area contributed by atoms with Crippen LogP contribution in [0.25, 0.3) is 0 Å². The number of aromatic amines is 1. The van der Waals surface area contributed by atoms with Crippen molar-refractivity contribution in [3.8, 4) is 0 Å². The zero-order chi connectivity index (χ0) is 12.3. The second-order valence-electron chi connectivity index (χ2n) is 3.48.